The maximum absolute atomic E-state index is 14.0. The third kappa shape index (κ3) is 10.4. The summed E-state index contributed by atoms with van der Waals surface area (Å²) < 4.78 is 14.0. The van der Waals surface area contributed by atoms with Crippen LogP contribution in [0.1, 0.15) is 75.1 Å². The van der Waals surface area contributed by atoms with Gasteiger partial charge in [0.15, 0.2) is 0 Å². The Labute approximate surface area is 247 Å². The van der Waals surface area contributed by atoms with E-state index in [2.05, 4.69) is 95.6 Å². The first-order valence-electron chi connectivity index (χ1n) is 15.6. The molecular weight excluding hydrogens is 507 g/mol. The highest BCUT2D eigenvalue weighted by molar-refractivity contribution is 5.70. The van der Waals surface area contributed by atoms with Crippen molar-refractivity contribution in [3.05, 3.63) is 102 Å². The molecule has 0 radical (unpaired) electrons. The van der Waals surface area contributed by atoms with Gasteiger partial charge in [-0.3, -0.25) is 4.90 Å². The van der Waals surface area contributed by atoms with Crippen LogP contribution in [0.15, 0.2) is 78.9 Å². The quantitative estimate of drug-likeness (QED) is 0.151. The number of nitrogens with zero attached hydrogens (tertiary/aromatic N) is 3. The summed E-state index contributed by atoms with van der Waals surface area (Å²) in [6.07, 6.45) is 12.8. The summed E-state index contributed by atoms with van der Waals surface area (Å²) in [5.41, 5.74) is 5.70. The zero-order chi connectivity index (χ0) is 28.9. The van der Waals surface area contributed by atoms with Crippen molar-refractivity contribution in [2.24, 2.45) is 0 Å². The Morgan fingerprint density at radius 3 is 2.41 bits per heavy atom. The average molecular weight is 557 g/mol. The molecule has 1 atom stereocenters. The number of halogens is 1. The van der Waals surface area contributed by atoms with Gasteiger partial charge < -0.3 is 10.2 Å². The Kier molecular flexibility index (Phi) is 12.4. The van der Waals surface area contributed by atoms with Crippen molar-refractivity contribution in [1.29, 1.82) is 0 Å². The van der Waals surface area contributed by atoms with Crippen LogP contribution in [0.25, 0.3) is 5.57 Å². The van der Waals surface area contributed by atoms with E-state index >= 15 is 0 Å². The summed E-state index contributed by atoms with van der Waals surface area (Å²) in [6, 6.07) is 25.0. The molecular formula is C36H49FN4. The number of hydrogen-bond donors (Lipinski definition) is 1. The molecule has 1 aliphatic carbocycles. The van der Waals surface area contributed by atoms with Gasteiger partial charge in [-0.25, -0.2) is 4.98 Å². The van der Waals surface area contributed by atoms with E-state index in [9.17, 15) is 4.39 Å². The first-order chi connectivity index (χ1) is 20.0. The molecule has 1 unspecified atom stereocenters. The molecule has 1 N–H and O–H groups in total. The van der Waals surface area contributed by atoms with E-state index in [1.165, 1.54) is 74.3 Å². The van der Waals surface area contributed by atoms with Crippen LogP contribution in [0, 0.1) is 12.9 Å². The van der Waals surface area contributed by atoms with Crippen molar-refractivity contribution in [2.75, 3.05) is 32.0 Å². The number of hydrogen-bond acceptors (Lipinski definition) is 4. The fraction of sp³-hybridized carbons (Fsp3) is 0.472. The van der Waals surface area contributed by atoms with Crippen molar-refractivity contribution >= 4 is 11.3 Å². The van der Waals surface area contributed by atoms with Gasteiger partial charge in [-0.2, -0.15) is 4.39 Å². The minimum atomic E-state index is -0.413. The van der Waals surface area contributed by atoms with E-state index in [0.29, 0.717) is 6.54 Å². The molecule has 0 bridgehead atoms. The number of anilines is 1. The van der Waals surface area contributed by atoms with Gasteiger partial charge in [0.1, 0.15) is 0 Å². The van der Waals surface area contributed by atoms with Crippen molar-refractivity contribution < 1.29 is 4.39 Å². The Morgan fingerprint density at radius 2 is 1.66 bits per heavy atom. The smallest absolute Gasteiger partial charge is 0.213 e. The van der Waals surface area contributed by atoms with Crippen molar-refractivity contribution in [3.63, 3.8) is 0 Å². The number of aryl methyl sites for hydroxylation is 1. The molecule has 4 rings (SSSR count). The zero-order valence-electron chi connectivity index (χ0n) is 25.4. The summed E-state index contributed by atoms with van der Waals surface area (Å²) in [5, 5.41) is 3.63. The van der Waals surface area contributed by atoms with E-state index in [-0.39, 0.29) is 6.04 Å². The van der Waals surface area contributed by atoms with E-state index in [1.54, 1.807) is 6.07 Å². The van der Waals surface area contributed by atoms with Crippen LogP contribution in [-0.2, 0) is 6.54 Å². The highest BCUT2D eigenvalue weighted by atomic mass is 19.1. The summed E-state index contributed by atoms with van der Waals surface area (Å²) in [5.74, 6) is -0.413. The van der Waals surface area contributed by atoms with Gasteiger partial charge in [-0.1, -0.05) is 80.3 Å². The van der Waals surface area contributed by atoms with Crippen LogP contribution < -0.4 is 5.32 Å². The standard InChI is InChI=1S/C36H49FN4/c1-29-16-11-12-22-35(29)31(26-30(2)38-32-17-7-4-8-18-32)27-41(28-33-19-15-23-36(37)39-33)25-14-6-13-24-40(3)34-20-9-5-10-21-34/h4,7-8,11-12,15-19,22-23,26,30,34,38H,5-6,9-10,13-14,20-21,24-25,27-28H2,1-3H3/b31-26-. The molecule has 1 aliphatic rings. The molecule has 1 saturated carbocycles. The van der Waals surface area contributed by atoms with Crippen LogP contribution in [0.5, 0.6) is 0 Å². The molecule has 1 heterocycles. The van der Waals surface area contributed by atoms with E-state index < -0.39 is 5.95 Å². The molecule has 2 aromatic carbocycles. The molecule has 0 saturated heterocycles. The van der Waals surface area contributed by atoms with E-state index in [4.69, 9.17) is 0 Å². The van der Waals surface area contributed by atoms with E-state index in [1.807, 2.05) is 12.1 Å². The fourth-order valence-electron chi connectivity index (χ4n) is 6.10. The van der Waals surface area contributed by atoms with Gasteiger partial charge in [-0.15, -0.1) is 0 Å². The highest BCUT2D eigenvalue weighted by Gasteiger charge is 2.18. The molecule has 220 valence electrons. The second kappa shape index (κ2) is 16.4. The molecule has 0 spiro atoms. The lowest BCUT2D eigenvalue weighted by Crippen LogP contribution is -2.34. The van der Waals surface area contributed by atoms with Crippen molar-refractivity contribution in [2.45, 2.75) is 83.8 Å². The normalized spacial score (nSPS) is 15.4. The molecule has 4 nitrogen and oxygen atoms in total. The lowest BCUT2D eigenvalue weighted by molar-refractivity contribution is 0.187. The maximum Gasteiger partial charge on any atom is 0.213 e. The van der Waals surface area contributed by atoms with Gasteiger partial charge in [0.2, 0.25) is 5.95 Å². The Bertz CT molecular complexity index is 1200. The monoisotopic (exact) mass is 556 g/mol. The fourth-order valence-corrected chi connectivity index (χ4v) is 6.10. The Hall–Kier alpha value is -3.02. The number of nitrogens with one attached hydrogen (secondary N) is 1. The van der Waals surface area contributed by atoms with Crippen LogP contribution >= 0.6 is 0 Å². The molecule has 1 fully saturated rings. The molecule has 0 amide bonds. The molecule has 41 heavy (non-hydrogen) atoms. The molecule has 5 heteroatoms. The summed E-state index contributed by atoms with van der Waals surface area (Å²) in [4.78, 5) is 9.24. The van der Waals surface area contributed by atoms with Crippen LogP contribution in [0.4, 0.5) is 10.1 Å². The lowest BCUT2D eigenvalue weighted by Gasteiger charge is -2.31. The minimum Gasteiger partial charge on any atom is -0.379 e. The maximum atomic E-state index is 14.0. The Balaban J connectivity index is 1.45. The number of benzene rings is 2. The van der Waals surface area contributed by atoms with Crippen molar-refractivity contribution in [1.82, 2.24) is 14.8 Å². The predicted molar refractivity (Wildman–Crippen MR) is 172 cm³/mol. The number of unbranched alkanes of at least 4 members (excludes halogenated alkanes) is 2. The third-order valence-electron chi connectivity index (χ3n) is 8.35. The third-order valence-corrected chi connectivity index (χ3v) is 8.35. The summed E-state index contributed by atoms with van der Waals surface area (Å²) in [6.45, 7) is 7.92. The van der Waals surface area contributed by atoms with Gasteiger partial charge in [-0.05, 0) is 101 Å². The van der Waals surface area contributed by atoms with Crippen LogP contribution in [0.2, 0.25) is 0 Å². The van der Waals surface area contributed by atoms with Gasteiger partial charge >= 0.3 is 0 Å². The van der Waals surface area contributed by atoms with E-state index in [0.717, 1.165) is 36.9 Å². The zero-order valence-corrected chi connectivity index (χ0v) is 25.4. The van der Waals surface area contributed by atoms with Gasteiger partial charge in [0.05, 0.1) is 5.69 Å². The largest absolute Gasteiger partial charge is 0.379 e. The number of para-hydroxylation sites is 1. The number of rotatable bonds is 15. The second-order valence-corrected chi connectivity index (χ2v) is 11.8. The first kappa shape index (κ1) is 30.9. The summed E-state index contributed by atoms with van der Waals surface area (Å²) in [7, 11) is 2.31. The first-order valence-corrected chi connectivity index (χ1v) is 15.6. The van der Waals surface area contributed by atoms with Crippen molar-refractivity contribution in [3.8, 4) is 0 Å². The topological polar surface area (TPSA) is 31.4 Å². The van der Waals surface area contributed by atoms with Gasteiger partial charge in [0.25, 0.3) is 0 Å². The Morgan fingerprint density at radius 1 is 0.927 bits per heavy atom. The predicted octanol–water partition coefficient (Wildman–Crippen LogP) is 8.35. The lowest BCUT2D eigenvalue weighted by atomic mass is 9.94. The van der Waals surface area contributed by atoms with Gasteiger partial charge in [0, 0.05) is 30.9 Å². The SMILES string of the molecule is Cc1ccccc1/C(=C\C(C)Nc1ccccc1)CN(CCCCCN(C)C1CCCCC1)Cc1cccc(F)n1. The molecule has 3 aromatic rings. The number of pyridine rings is 1. The number of aromatic nitrogens is 1. The van der Waals surface area contributed by atoms with Crippen LogP contribution in [-0.4, -0.2) is 53.5 Å². The minimum absolute atomic E-state index is 0.150. The molecule has 0 aliphatic heterocycles. The molecule has 1 aromatic heterocycles. The highest BCUT2D eigenvalue weighted by Crippen LogP contribution is 2.24. The summed E-state index contributed by atoms with van der Waals surface area (Å²) >= 11 is 0. The second-order valence-electron chi connectivity index (χ2n) is 11.8. The van der Waals surface area contributed by atoms with Crippen LogP contribution in [0.3, 0.4) is 0 Å². The average Bonchev–Trinajstić information content (AvgIpc) is 2.97.